The number of carbonyl (C=O) groups excluding carboxylic acids is 2. The monoisotopic (exact) mass is 300 g/mol. The lowest BCUT2D eigenvalue weighted by Crippen LogP contribution is -2.23. The highest BCUT2D eigenvalue weighted by Gasteiger charge is 2.32. The van der Waals surface area contributed by atoms with Gasteiger partial charge in [0.1, 0.15) is 5.76 Å². The highest BCUT2D eigenvalue weighted by Crippen LogP contribution is 2.39. The predicted molar refractivity (Wildman–Crippen MR) is 87.4 cm³/mol. The first kappa shape index (κ1) is 16.5. The zero-order valence-corrected chi connectivity index (χ0v) is 14.3. The molecule has 0 aromatic heterocycles. The van der Waals surface area contributed by atoms with E-state index in [2.05, 4.69) is 34.6 Å². The van der Waals surface area contributed by atoms with Crippen LogP contribution in [-0.4, -0.2) is 16.7 Å². The Morgan fingerprint density at radius 2 is 1.36 bits per heavy atom. The van der Waals surface area contributed by atoms with Gasteiger partial charge >= 0.3 is 0 Å². The lowest BCUT2D eigenvalue weighted by molar-refractivity contribution is -0.121. The molecule has 0 saturated heterocycles. The standard InChI is InChI=1S/C19H24O3/c1-9-10(2)12(4)18(13(5)11(9)3)15-7-16(21)19(14(6)20)17(22)8-15/h15,21H,7-8H2,1-6H3. The van der Waals surface area contributed by atoms with Crippen LogP contribution in [0.3, 0.4) is 0 Å². The first-order valence-electron chi connectivity index (χ1n) is 7.69. The third-order valence-corrected chi connectivity index (χ3v) is 5.26. The zero-order chi connectivity index (χ0) is 16.8. The molecule has 0 heterocycles. The molecule has 1 aromatic rings. The highest BCUT2D eigenvalue weighted by molar-refractivity contribution is 6.20. The van der Waals surface area contributed by atoms with Gasteiger partial charge in [-0.2, -0.15) is 0 Å². The maximum absolute atomic E-state index is 12.3. The van der Waals surface area contributed by atoms with Gasteiger partial charge in [0.2, 0.25) is 0 Å². The Kier molecular flexibility index (Phi) is 4.28. The molecule has 118 valence electrons. The van der Waals surface area contributed by atoms with Crippen molar-refractivity contribution in [2.24, 2.45) is 0 Å². The van der Waals surface area contributed by atoms with Crippen LogP contribution in [0.15, 0.2) is 11.3 Å². The molecular formula is C19H24O3. The number of aliphatic hydroxyl groups is 1. The van der Waals surface area contributed by atoms with Crippen molar-refractivity contribution in [1.82, 2.24) is 0 Å². The van der Waals surface area contributed by atoms with Crippen LogP contribution in [0.25, 0.3) is 0 Å². The first-order valence-corrected chi connectivity index (χ1v) is 7.69. The topological polar surface area (TPSA) is 54.4 Å². The Balaban J connectivity index is 2.57. The van der Waals surface area contributed by atoms with Crippen LogP contribution in [0.4, 0.5) is 0 Å². The van der Waals surface area contributed by atoms with E-state index in [0.29, 0.717) is 12.8 Å². The second-order valence-electron chi connectivity index (χ2n) is 6.44. The first-order chi connectivity index (χ1) is 10.2. The van der Waals surface area contributed by atoms with Gasteiger partial charge in [-0.3, -0.25) is 9.59 Å². The van der Waals surface area contributed by atoms with Crippen LogP contribution in [0.1, 0.15) is 59.1 Å². The molecule has 1 atom stereocenters. The molecule has 22 heavy (non-hydrogen) atoms. The smallest absolute Gasteiger partial charge is 0.170 e. The van der Waals surface area contributed by atoms with Crippen LogP contribution in [-0.2, 0) is 9.59 Å². The van der Waals surface area contributed by atoms with Crippen molar-refractivity contribution in [3.05, 3.63) is 44.7 Å². The molecule has 1 N–H and O–H groups in total. The molecule has 0 amide bonds. The molecule has 0 aliphatic heterocycles. The minimum atomic E-state index is -0.342. The Morgan fingerprint density at radius 1 is 0.909 bits per heavy atom. The normalized spacial score (nSPS) is 18.8. The second-order valence-corrected chi connectivity index (χ2v) is 6.44. The summed E-state index contributed by atoms with van der Waals surface area (Å²) >= 11 is 0. The minimum Gasteiger partial charge on any atom is -0.511 e. The van der Waals surface area contributed by atoms with Crippen molar-refractivity contribution >= 4 is 11.6 Å². The van der Waals surface area contributed by atoms with Gasteiger partial charge in [-0.15, -0.1) is 0 Å². The van der Waals surface area contributed by atoms with Gasteiger partial charge in [-0.1, -0.05) is 0 Å². The Labute approximate surface area is 132 Å². The molecule has 1 aliphatic rings. The molecule has 0 spiro atoms. The van der Waals surface area contributed by atoms with Gasteiger partial charge in [0.15, 0.2) is 11.6 Å². The summed E-state index contributed by atoms with van der Waals surface area (Å²) in [5.41, 5.74) is 7.30. The van der Waals surface area contributed by atoms with E-state index in [-0.39, 0.29) is 28.8 Å². The summed E-state index contributed by atoms with van der Waals surface area (Å²) in [5, 5.41) is 10.2. The van der Waals surface area contributed by atoms with Crippen molar-refractivity contribution < 1.29 is 14.7 Å². The van der Waals surface area contributed by atoms with Crippen LogP contribution in [0.2, 0.25) is 0 Å². The second kappa shape index (κ2) is 5.71. The van der Waals surface area contributed by atoms with Gasteiger partial charge < -0.3 is 5.11 Å². The number of hydrogen-bond acceptors (Lipinski definition) is 3. The Hall–Kier alpha value is -1.90. The molecule has 0 fully saturated rings. The summed E-state index contributed by atoms with van der Waals surface area (Å²) in [6.45, 7) is 11.8. The van der Waals surface area contributed by atoms with E-state index in [1.54, 1.807) is 0 Å². The number of aliphatic hydroxyl groups excluding tert-OH is 1. The van der Waals surface area contributed by atoms with Gasteiger partial charge in [0, 0.05) is 12.8 Å². The largest absolute Gasteiger partial charge is 0.511 e. The van der Waals surface area contributed by atoms with Crippen LogP contribution in [0, 0.1) is 34.6 Å². The number of allylic oxidation sites excluding steroid dienone is 2. The zero-order valence-electron chi connectivity index (χ0n) is 14.3. The molecule has 0 radical (unpaired) electrons. The van der Waals surface area contributed by atoms with E-state index in [9.17, 15) is 14.7 Å². The fraction of sp³-hybridized carbons (Fsp3) is 0.474. The summed E-state index contributed by atoms with van der Waals surface area (Å²) < 4.78 is 0. The summed E-state index contributed by atoms with van der Waals surface area (Å²) in [6.07, 6.45) is 0.660. The van der Waals surface area contributed by atoms with Gasteiger partial charge in [-0.25, -0.2) is 0 Å². The lowest BCUT2D eigenvalue weighted by atomic mass is 9.76. The van der Waals surface area contributed by atoms with Crippen LogP contribution >= 0.6 is 0 Å². The fourth-order valence-electron chi connectivity index (χ4n) is 3.64. The lowest BCUT2D eigenvalue weighted by Gasteiger charge is -2.28. The third kappa shape index (κ3) is 2.49. The van der Waals surface area contributed by atoms with Crippen molar-refractivity contribution in [3.63, 3.8) is 0 Å². The Morgan fingerprint density at radius 3 is 1.77 bits per heavy atom. The number of benzene rings is 1. The van der Waals surface area contributed by atoms with Gasteiger partial charge in [0.25, 0.3) is 0 Å². The van der Waals surface area contributed by atoms with E-state index >= 15 is 0 Å². The molecule has 3 heteroatoms. The molecule has 0 bridgehead atoms. The van der Waals surface area contributed by atoms with E-state index < -0.39 is 0 Å². The van der Waals surface area contributed by atoms with Crippen molar-refractivity contribution in [3.8, 4) is 0 Å². The molecule has 2 rings (SSSR count). The van der Waals surface area contributed by atoms with E-state index in [0.717, 1.165) is 5.56 Å². The van der Waals surface area contributed by atoms with Crippen molar-refractivity contribution in [1.29, 1.82) is 0 Å². The fourth-order valence-corrected chi connectivity index (χ4v) is 3.64. The third-order valence-electron chi connectivity index (χ3n) is 5.26. The molecule has 3 nitrogen and oxygen atoms in total. The highest BCUT2D eigenvalue weighted by atomic mass is 16.3. The van der Waals surface area contributed by atoms with E-state index in [1.807, 2.05) is 0 Å². The SMILES string of the molecule is CC(=O)C1=C(O)CC(c2c(C)c(C)c(C)c(C)c2C)CC1=O. The number of ketones is 2. The average Bonchev–Trinajstić information content (AvgIpc) is 2.42. The number of carbonyl (C=O) groups is 2. The minimum absolute atomic E-state index is 0.00730. The maximum Gasteiger partial charge on any atom is 0.170 e. The van der Waals surface area contributed by atoms with Crippen molar-refractivity contribution in [2.75, 3.05) is 0 Å². The summed E-state index contributed by atoms with van der Waals surface area (Å²) in [4.78, 5) is 23.8. The van der Waals surface area contributed by atoms with E-state index in [4.69, 9.17) is 0 Å². The number of hydrogen-bond donors (Lipinski definition) is 1. The summed E-state index contributed by atoms with van der Waals surface area (Å²) in [6, 6.07) is 0. The Bertz CT molecular complexity index is 679. The van der Waals surface area contributed by atoms with E-state index in [1.165, 1.54) is 34.7 Å². The predicted octanol–water partition coefficient (Wildman–Crippen LogP) is 4.08. The van der Waals surface area contributed by atoms with Crippen LogP contribution in [0.5, 0.6) is 0 Å². The number of rotatable bonds is 2. The summed E-state index contributed by atoms with van der Waals surface area (Å²) in [7, 11) is 0. The average molecular weight is 300 g/mol. The molecule has 1 aliphatic carbocycles. The molecule has 1 unspecified atom stereocenters. The molecule has 1 aromatic carbocycles. The van der Waals surface area contributed by atoms with Crippen LogP contribution < -0.4 is 0 Å². The van der Waals surface area contributed by atoms with Crippen molar-refractivity contribution in [2.45, 2.75) is 60.3 Å². The quantitative estimate of drug-likeness (QED) is 0.837. The van der Waals surface area contributed by atoms with Gasteiger partial charge in [-0.05, 0) is 80.8 Å². The molecular weight excluding hydrogens is 276 g/mol. The molecule has 0 saturated carbocycles. The van der Waals surface area contributed by atoms with Gasteiger partial charge in [0.05, 0.1) is 5.57 Å². The number of Topliss-reactive ketones (excluding diaryl/α,β-unsaturated/α-hetero) is 2. The summed E-state index contributed by atoms with van der Waals surface area (Å²) in [5.74, 6) is -0.682. The maximum atomic E-state index is 12.3.